The fourth-order valence-electron chi connectivity index (χ4n) is 2.82. The maximum atomic E-state index is 12.4. The van der Waals surface area contributed by atoms with E-state index in [-0.39, 0.29) is 17.9 Å². The topological polar surface area (TPSA) is 41.1 Å². The van der Waals surface area contributed by atoms with Crippen LogP contribution in [0, 0.1) is 0 Å². The number of thiophene rings is 1. The molecule has 2 aromatic rings. The molecular weight excluding hydrogens is 360 g/mol. The monoisotopic (exact) mass is 378 g/mol. The molecule has 0 radical (unpaired) electrons. The first-order valence-corrected chi connectivity index (χ1v) is 9.10. The van der Waals surface area contributed by atoms with Crippen molar-refractivity contribution in [2.24, 2.45) is 0 Å². The third-order valence-corrected chi connectivity index (χ3v) is 5.92. The van der Waals surface area contributed by atoms with E-state index in [0.29, 0.717) is 6.54 Å². The molecule has 2 N–H and O–H groups in total. The number of amides is 1. The highest BCUT2D eigenvalue weighted by molar-refractivity contribution is 9.11. The van der Waals surface area contributed by atoms with E-state index in [4.69, 9.17) is 0 Å². The Bertz CT molecular complexity index is 670. The molecule has 0 bridgehead atoms. The first-order valence-electron chi connectivity index (χ1n) is 7.49. The van der Waals surface area contributed by atoms with Crippen molar-refractivity contribution >= 4 is 33.2 Å². The Kier molecular flexibility index (Phi) is 4.96. The van der Waals surface area contributed by atoms with Crippen molar-refractivity contribution in [2.75, 3.05) is 13.1 Å². The van der Waals surface area contributed by atoms with Crippen molar-refractivity contribution < 1.29 is 4.79 Å². The molecule has 1 aliphatic heterocycles. The summed E-state index contributed by atoms with van der Waals surface area (Å²) in [5.41, 5.74) is 2.69. The molecule has 0 fully saturated rings. The van der Waals surface area contributed by atoms with Gasteiger partial charge in [-0.05, 0) is 59.1 Å². The second-order valence-electron chi connectivity index (χ2n) is 5.56. The SMILES string of the molecule is CC(C(=O)NCC1NCCc2ccccc21)c1ccc(Br)s1. The summed E-state index contributed by atoms with van der Waals surface area (Å²) in [6, 6.07) is 12.7. The summed E-state index contributed by atoms with van der Waals surface area (Å²) < 4.78 is 1.06. The molecule has 5 heteroatoms. The summed E-state index contributed by atoms with van der Waals surface area (Å²) in [7, 11) is 0. The van der Waals surface area contributed by atoms with E-state index in [1.54, 1.807) is 11.3 Å². The van der Waals surface area contributed by atoms with Crippen molar-refractivity contribution in [2.45, 2.75) is 25.3 Å². The maximum absolute atomic E-state index is 12.4. The van der Waals surface area contributed by atoms with E-state index in [2.05, 4.69) is 50.8 Å². The van der Waals surface area contributed by atoms with Gasteiger partial charge in [0.1, 0.15) is 0 Å². The van der Waals surface area contributed by atoms with Crippen LogP contribution in [0.25, 0.3) is 0 Å². The normalized spacial score (nSPS) is 18.5. The van der Waals surface area contributed by atoms with Crippen molar-refractivity contribution in [3.05, 3.63) is 56.2 Å². The van der Waals surface area contributed by atoms with Gasteiger partial charge in [-0.15, -0.1) is 11.3 Å². The zero-order valence-corrected chi connectivity index (χ0v) is 14.8. The Balaban J connectivity index is 1.62. The quantitative estimate of drug-likeness (QED) is 0.852. The Morgan fingerprint density at radius 3 is 3.00 bits per heavy atom. The average Bonchev–Trinajstić information content (AvgIpc) is 2.98. The van der Waals surface area contributed by atoms with Crippen LogP contribution >= 0.6 is 27.3 Å². The molecule has 0 spiro atoms. The molecule has 1 aliphatic rings. The lowest BCUT2D eigenvalue weighted by Gasteiger charge is -2.27. The summed E-state index contributed by atoms with van der Waals surface area (Å²) >= 11 is 5.06. The standard InChI is InChI=1S/C17H19BrN2OS/c1-11(15-6-7-16(18)22-15)17(21)20-10-14-13-5-3-2-4-12(13)8-9-19-14/h2-7,11,14,19H,8-10H2,1H3,(H,20,21). The molecule has 22 heavy (non-hydrogen) atoms. The molecule has 116 valence electrons. The van der Waals surface area contributed by atoms with Crippen LogP contribution in [-0.2, 0) is 11.2 Å². The summed E-state index contributed by atoms with van der Waals surface area (Å²) in [4.78, 5) is 13.4. The van der Waals surface area contributed by atoms with Crippen LogP contribution in [0.5, 0.6) is 0 Å². The van der Waals surface area contributed by atoms with E-state index in [0.717, 1.165) is 21.6 Å². The van der Waals surface area contributed by atoms with Crippen LogP contribution < -0.4 is 10.6 Å². The van der Waals surface area contributed by atoms with Crippen molar-refractivity contribution in [1.82, 2.24) is 10.6 Å². The summed E-state index contributed by atoms with van der Waals surface area (Å²) in [5.74, 6) is -0.0330. The first kappa shape index (κ1) is 15.7. The highest BCUT2D eigenvalue weighted by Gasteiger charge is 2.22. The van der Waals surface area contributed by atoms with Gasteiger partial charge in [0.25, 0.3) is 0 Å². The molecule has 3 nitrogen and oxygen atoms in total. The van der Waals surface area contributed by atoms with Gasteiger partial charge in [0, 0.05) is 17.5 Å². The zero-order chi connectivity index (χ0) is 15.5. The molecule has 1 amide bonds. The van der Waals surface area contributed by atoms with Crippen molar-refractivity contribution in [3.63, 3.8) is 0 Å². The second-order valence-corrected chi connectivity index (χ2v) is 8.06. The molecule has 0 aliphatic carbocycles. The number of hydrogen-bond donors (Lipinski definition) is 2. The van der Waals surface area contributed by atoms with E-state index < -0.39 is 0 Å². The molecular formula is C17H19BrN2OS. The van der Waals surface area contributed by atoms with Crippen LogP contribution in [0.4, 0.5) is 0 Å². The zero-order valence-electron chi connectivity index (χ0n) is 12.4. The van der Waals surface area contributed by atoms with Crippen molar-refractivity contribution in [3.8, 4) is 0 Å². The number of benzene rings is 1. The number of carbonyl (C=O) groups excluding carboxylic acids is 1. The fourth-order valence-corrected chi connectivity index (χ4v) is 4.29. The van der Waals surface area contributed by atoms with Gasteiger partial charge in [-0.3, -0.25) is 4.79 Å². The van der Waals surface area contributed by atoms with Gasteiger partial charge in [-0.2, -0.15) is 0 Å². The Hall–Kier alpha value is -1.17. The number of halogens is 1. The Labute approximate surface area is 143 Å². The molecule has 0 saturated heterocycles. The number of carbonyl (C=O) groups is 1. The Morgan fingerprint density at radius 1 is 1.41 bits per heavy atom. The molecule has 2 unspecified atom stereocenters. The van der Waals surface area contributed by atoms with Gasteiger partial charge < -0.3 is 10.6 Å². The van der Waals surface area contributed by atoms with E-state index in [1.807, 2.05) is 19.1 Å². The maximum Gasteiger partial charge on any atom is 0.228 e. The summed E-state index contributed by atoms with van der Waals surface area (Å²) in [5, 5.41) is 6.58. The van der Waals surface area contributed by atoms with Crippen LogP contribution in [-0.4, -0.2) is 19.0 Å². The van der Waals surface area contributed by atoms with Crippen LogP contribution in [0.3, 0.4) is 0 Å². The summed E-state index contributed by atoms with van der Waals surface area (Å²) in [6.45, 7) is 3.55. The van der Waals surface area contributed by atoms with E-state index in [1.165, 1.54) is 11.1 Å². The molecule has 1 aromatic heterocycles. The highest BCUT2D eigenvalue weighted by Crippen LogP contribution is 2.28. The number of nitrogens with one attached hydrogen (secondary N) is 2. The second kappa shape index (κ2) is 6.94. The lowest BCUT2D eigenvalue weighted by molar-refractivity contribution is -0.122. The first-order chi connectivity index (χ1) is 10.6. The Morgan fingerprint density at radius 2 is 2.23 bits per heavy atom. The minimum absolute atomic E-state index is 0.0826. The fraction of sp³-hybridized carbons (Fsp3) is 0.353. The molecule has 3 rings (SSSR count). The van der Waals surface area contributed by atoms with E-state index >= 15 is 0 Å². The van der Waals surface area contributed by atoms with Crippen LogP contribution in [0.2, 0.25) is 0 Å². The minimum atomic E-state index is -0.116. The molecule has 1 aromatic carbocycles. The van der Waals surface area contributed by atoms with Gasteiger partial charge in [-0.1, -0.05) is 24.3 Å². The molecule has 2 heterocycles. The minimum Gasteiger partial charge on any atom is -0.354 e. The third kappa shape index (κ3) is 3.42. The smallest absolute Gasteiger partial charge is 0.228 e. The molecule has 2 atom stereocenters. The van der Waals surface area contributed by atoms with Gasteiger partial charge in [0.05, 0.1) is 9.70 Å². The predicted molar refractivity (Wildman–Crippen MR) is 94.3 cm³/mol. The number of rotatable bonds is 4. The van der Waals surface area contributed by atoms with Gasteiger partial charge >= 0.3 is 0 Å². The highest BCUT2D eigenvalue weighted by atomic mass is 79.9. The van der Waals surface area contributed by atoms with Gasteiger partial charge in [-0.25, -0.2) is 0 Å². The summed E-state index contributed by atoms with van der Waals surface area (Å²) in [6.07, 6.45) is 1.06. The van der Waals surface area contributed by atoms with Crippen LogP contribution in [0.1, 0.15) is 34.9 Å². The predicted octanol–water partition coefficient (Wildman–Crippen LogP) is 3.62. The number of fused-ring (bicyclic) bond motifs is 1. The van der Waals surface area contributed by atoms with Crippen LogP contribution in [0.15, 0.2) is 40.2 Å². The van der Waals surface area contributed by atoms with Crippen molar-refractivity contribution in [1.29, 1.82) is 0 Å². The molecule has 0 saturated carbocycles. The number of hydrogen-bond acceptors (Lipinski definition) is 3. The van der Waals surface area contributed by atoms with Gasteiger partial charge in [0.15, 0.2) is 0 Å². The lowest BCUT2D eigenvalue weighted by Crippen LogP contribution is -2.39. The third-order valence-electron chi connectivity index (χ3n) is 4.11. The largest absolute Gasteiger partial charge is 0.354 e. The average molecular weight is 379 g/mol. The van der Waals surface area contributed by atoms with E-state index in [9.17, 15) is 4.79 Å². The van der Waals surface area contributed by atoms with Gasteiger partial charge in [0.2, 0.25) is 5.91 Å². The lowest BCUT2D eigenvalue weighted by atomic mass is 9.94.